The topological polar surface area (TPSA) is 37.0 Å². The maximum atomic E-state index is 10.7. The summed E-state index contributed by atoms with van der Waals surface area (Å²) in [5, 5.41) is 11.6. The van der Waals surface area contributed by atoms with Crippen LogP contribution < -0.4 is 4.57 Å². The average Bonchev–Trinajstić information content (AvgIpc) is 3.06. The number of pyridine rings is 1. The van der Waals surface area contributed by atoms with E-state index in [1.54, 1.807) is 11.3 Å². The van der Waals surface area contributed by atoms with Crippen molar-refractivity contribution in [2.75, 3.05) is 0 Å². The van der Waals surface area contributed by atoms with Gasteiger partial charge in [-0.15, -0.1) is 11.3 Å². The van der Waals surface area contributed by atoms with E-state index in [9.17, 15) is 5.11 Å². The van der Waals surface area contributed by atoms with Crippen LogP contribution in [-0.2, 0) is 7.05 Å². The van der Waals surface area contributed by atoms with E-state index in [-0.39, 0.29) is 5.75 Å². The number of fused-ring (bicyclic) bond motifs is 1. The first-order chi connectivity index (χ1) is 12.2. The second-order valence-corrected chi connectivity index (χ2v) is 6.83. The molecule has 0 saturated carbocycles. The van der Waals surface area contributed by atoms with Crippen LogP contribution in [0.3, 0.4) is 0 Å². The van der Waals surface area contributed by atoms with Crippen LogP contribution in [0.15, 0.2) is 66.9 Å². The SMILES string of the molecule is C[n+]1ccccc1C=Cc1cccc(-c2nc3ccccc3s2)c1O. The van der Waals surface area contributed by atoms with Crippen LogP contribution in [0.2, 0.25) is 0 Å². The smallest absolute Gasteiger partial charge is 0.204 e. The summed E-state index contributed by atoms with van der Waals surface area (Å²) in [6.45, 7) is 0. The molecular weight excluding hydrogens is 328 g/mol. The minimum atomic E-state index is 0.261. The summed E-state index contributed by atoms with van der Waals surface area (Å²) >= 11 is 1.59. The number of benzene rings is 2. The molecule has 2 heterocycles. The van der Waals surface area contributed by atoms with Gasteiger partial charge in [0.05, 0.1) is 15.8 Å². The van der Waals surface area contributed by atoms with Crippen molar-refractivity contribution >= 4 is 33.7 Å². The Balaban J connectivity index is 1.74. The molecule has 122 valence electrons. The molecule has 2 aromatic carbocycles. The summed E-state index contributed by atoms with van der Waals surface area (Å²) in [5.74, 6) is 0.261. The molecular formula is C21H17N2OS+. The molecule has 0 spiro atoms. The van der Waals surface area contributed by atoms with Crippen molar-refractivity contribution in [2.45, 2.75) is 0 Å². The lowest BCUT2D eigenvalue weighted by molar-refractivity contribution is -0.673. The van der Waals surface area contributed by atoms with Gasteiger partial charge in [-0.2, -0.15) is 0 Å². The van der Waals surface area contributed by atoms with Crippen molar-refractivity contribution in [1.29, 1.82) is 0 Å². The Labute approximate surface area is 150 Å². The molecule has 0 aliphatic carbocycles. The molecule has 25 heavy (non-hydrogen) atoms. The summed E-state index contributed by atoms with van der Waals surface area (Å²) in [6, 6.07) is 19.8. The monoisotopic (exact) mass is 345 g/mol. The molecule has 4 heteroatoms. The quantitative estimate of drug-likeness (QED) is 0.548. The Morgan fingerprint density at radius 1 is 0.960 bits per heavy atom. The molecule has 2 aromatic heterocycles. The average molecular weight is 345 g/mol. The van der Waals surface area contributed by atoms with Gasteiger partial charge in [-0.1, -0.05) is 24.3 Å². The zero-order valence-corrected chi connectivity index (χ0v) is 14.6. The number of hydrogen-bond donors (Lipinski definition) is 1. The minimum absolute atomic E-state index is 0.261. The predicted octanol–water partition coefficient (Wildman–Crippen LogP) is 4.66. The third kappa shape index (κ3) is 3.04. The van der Waals surface area contributed by atoms with Crippen molar-refractivity contribution < 1.29 is 9.67 Å². The third-order valence-electron chi connectivity index (χ3n) is 4.12. The van der Waals surface area contributed by atoms with Crippen LogP contribution in [0.5, 0.6) is 5.75 Å². The molecule has 4 aromatic rings. The molecule has 1 N–H and O–H groups in total. The van der Waals surface area contributed by atoms with E-state index in [0.29, 0.717) is 0 Å². The summed E-state index contributed by atoms with van der Waals surface area (Å²) < 4.78 is 3.15. The maximum absolute atomic E-state index is 10.7. The van der Waals surface area contributed by atoms with E-state index in [0.717, 1.165) is 32.0 Å². The van der Waals surface area contributed by atoms with Gasteiger partial charge in [0.1, 0.15) is 17.8 Å². The Bertz CT molecular complexity index is 1050. The van der Waals surface area contributed by atoms with Crippen LogP contribution in [-0.4, -0.2) is 10.1 Å². The second-order valence-electron chi connectivity index (χ2n) is 5.80. The van der Waals surface area contributed by atoms with Crippen LogP contribution >= 0.6 is 11.3 Å². The fraction of sp³-hybridized carbons (Fsp3) is 0.0476. The first-order valence-corrected chi connectivity index (χ1v) is 8.85. The summed E-state index contributed by atoms with van der Waals surface area (Å²) in [5.41, 5.74) is 3.56. The zero-order chi connectivity index (χ0) is 17.2. The Morgan fingerprint density at radius 3 is 2.64 bits per heavy atom. The highest BCUT2D eigenvalue weighted by Gasteiger charge is 2.12. The number of nitrogens with zero attached hydrogens (tertiary/aromatic N) is 2. The molecule has 0 radical (unpaired) electrons. The summed E-state index contributed by atoms with van der Waals surface area (Å²) in [4.78, 5) is 4.65. The molecule has 0 fully saturated rings. The van der Waals surface area contributed by atoms with Crippen LogP contribution in [0.4, 0.5) is 0 Å². The number of phenols is 1. The van der Waals surface area contributed by atoms with Crippen molar-refractivity contribution in [3.8, 4) is 16.3 Å². The van der Waals surface area contributed by atoms with Gasteiger partial charge in [-0.25, -0.2) is 9.55 Å². The van der Waals surface area contributed by atoms with E-state index in [4.69, 9.17) is 0 Å². The van der Waals surface area contributed by atoms with E-state index in [1.807, 2.05) is 90.6 Å². The molecule has 0 saturated heterocycles. The highest BCUT2D eigenvalue weighted by molar-refractivity contribution is 7.21. The summed E-state index contributed by atoms with van der Waals surface area (Å²) in [7, 11) is 2.00. The Hall–Kier alpha value is -2.98. The number of thiazole rings is 1. The van der Waals surface area contributed by atoms with E-state index in [1.165, 1.54) is 0 Å². The number of aromatic hydroxyl groups is 1. The Kier molecular flexibility index (Phi) is 4.04. The van der Waals surface area contributed by atoms with Gasteiger partial charge in [0.25, 0.3) is 0 Å². The predicted molar refractivity (Wildman–Crippen MR) is 103 cm³/mol. The van der Waals surface area contributed by atoms with Gasteiger partial charge in [-0.05, 0) is 30.3 Å². The third-order valence-corrected chi connectivity index (χ3v) is 5.19. The van der Waals surface area contributed by atoms with E-state index in [2.05, 4.69) is 4.98 Å². The first kappa shape index (κ1) is 15.5. The number of aryl methyl sites for hydroxylation is 1. The van der Waals surface area contributed by atoms with Crippen molar-refractivity contribution in [3.05, 3.63) is 78.1 Å². The second kappa shape index (κ2) is 6.49. The first-order valence-electron chi connectivity index (χ1n) is 8.03. The minimum Gasteiger partial charge on any atom is -0.507 e. The van der Waals surface area contributed by atoms with Gasteiger partial charge in [0.2, 0.25) is 5.69 Å². The zero-order valence-electron chi connectivity index (χ0n) is 13.8. The van der Waals surface area contributed by atoms with Crippen LogP contribution in [0, 0.1) is 0 Å². The molecule has 0 unspecified atom stereocenters. The number of rotatable bonds is 3. The normalized spacial score (nSPS) is 11.4. The lowest BCUT2D eigenvalue weighted by Crippen LogP contribution is -2.30. The summed E-state index contributed by atoms with van der Waals surface area (Å²) in [6.07, 6.45) is 5.93. The lowest BCUT2D eigenvalue weighted by Gasteiger charge is -2.04. The van der Waals surface area contributed by atoms with Gasteiger partial charge in [0, 0.05) is 23.8 Å². The standard InChI is InChI=1S/C21H16N2OS/c1-23-14-5-4-8-16(23)13-12-15-7-6-9-17(20(15)24)21-22-18-10-2-3-11-19(18)25-21/h2-14H,1H3/p+1. The molecule has 4 rings (SSSR count). The fourth-order valence-corrected chi connectivity index (χ4v) is 3.73. The highest BCUT2D eigenvalue weighted by Crippen LogP contribution is 2.37. The largest absolute Gasteiger partial charge is 0.507 e. The van der Waals surface area contributed by atoms with E-state index >= 15 is 0 Å². The van der Waals surface area contributed by atoms with Crippen molar-refractivity contribution in [1.82, 2.24) is 4.98 Å². The Morgan fingerprint density at radius 2 is 1.80 bits per heavy atom. The number of aromatic nitrogens is 2. The fourth-order valence-electron chi connectivity index (χ4n) is 2.74. The van der Waals surface area contributed by atoms with Gasteiger partial charge < -0.3 is 5.11 Å². The molecule has 3 nitrogen and oxygen atoms in total. The molecule has 0 amide bonds. The van der Waals surface area contributed by atoms with Gasteiger partial charge in [0.15, 0.2) is 6.20 Å². The van der Waals surface area contributed by atoms with E-state index < -0.39 is 0 Å². The lowest BCUT2D eigenvalue weighted by atomic mass is 10.1. The number of para-hydroxylation sites is 2. The van der Waals surface area contributed by atoms with Crippen molar-refractivity contribution in [3.63, 3.8) is 0 Å². The molecule has 0 aliphatic rings. The molecule has 0 bridgehead atoms. The van der Waals surface area contributed by atoms with Gasteiger partial charge in [-0.3, -0.25) is 0 Å². The van der Waals surface area contributed by atoms with Crippen molar-refractivity contribution in [2.24, 2.45) is 7.05 Å². The highest BCUT2D eigenvalue weighted by atomic mass is 32.1. The van der Waals surface area contributed by atoms with Gasteiger partial charge >= 0.3 is 0 Å². The van der Waals surface area contributed by atoms with Crippen LogP contribution in [0.1, 0.15) is 11.3 Å². The number of hydrogen-bond acceptors (Lipinski definition) is 3. The number of phenolic OH excluding ortho intramolecular Hbond substituents is 1. The molecule has 0 aliphatic heterocycles. The molecule has 0 atom stereocenters. The maximum Gasteiger partial charge on any atom is 0.204 e. The van der Waals surface area contributed by atoms with Crippen LogP contribution in [0.25, 0.3) is 32.9 Å².